The molecule has 2 saturated heterocycles. The van der Waals surface area contributed by atoms with E-state index in [1.807, 2.05) is 34.9 Å². The molecular weight excluding hydrogens is 296 g/mol. The van der Waals surface area contributed by atoms with Crippen LogP contribution in [0.25, 0.3) is 0 Å². The first-order chi connectivity index (χ1) is 11.2. The Morgan fingerprint density at radius 2 is 2.00 bits per heavy atom. The quantitative estimate of drug-likeness (QED) is 0.636. The van der Waals surface area contributed by atoms with Gasteiger partial charge in [0, 0.05) is 6.54 Å². The molecule has 0 spiro atoms. The Bertz CT molecular complexity index is 607. The lowest BCUT2D eigenvalue weighted by Gasteiger charge is -2.24. The summed E-state index contributed by atoms with van der Waals surface area (Å²) in [5.74, 6) is 0.281. The fourth-order valence-electron chi connectivity index (χ4n) is 2.64. The monoisotopic (exact) mass is 317 g/mol. The first kappa shape index (κ1) is 15.5. The van der Waals surface area contributed by atoms with Gasteiger partial charge in [0.2, 0.25) is 0 Å². The van der Waals surface area contributed by atoms with E-state index in [0.717, 1.165) is 5.56 Å². The van der Waals surface area contributed by atoms with Crippen molar-refractivity contribution in [3.05, 3.63) is 35.9 Å². The van der Waals surface area contributed by atoms with Gasteiger partial charge in [0.15, 0.2) is 6.04 Å². The molecule has 0 bridgehead atoms. The van der Waals surface area contributed by atoms with E-state index in [2.05, 4.69) is 16.0 Å². The SMILES string of the molecule is O=C1CC(C(=O)NCc2ccccc2)NC(=[N+]2CCOCC2)N1. The molecule has 0 saturated carbocycles. The van der Waals surface area contributed by atoms with Crippen LogP contribution in [-0.2, 0) is 20.9 Å². The summed E-state index contributed by atoms with van der Waals surface area (Å²) in [6.45, 7) is 3.08. The Morgan fingerprint density at radius 3 is 2.74 bits per heavy atom. The molecule has 0 radical (unpaired) electrons. The summed E-state index contributed by atoms with van der Waals surface area (Å²) < 4.78 is 7.30. The van der Waals surface area contributed by atoms with E-state index < -0.39 is 6.04 Å². The van der Waals surface area contributed by atoms with Gasteiger partial charge in [-0.25, -0.2) is 5.32 Å². The molecule has 1 aromatic rings. The van der Waals surface area contributed by atoms with Crippen molar-refractivity contribution in [1.82, 2.24) is 16.0 Å². The summed E-state index contributed by atoms with van der Waals surface area (Å²) in [4.78, 5) is 24.2. The van der Waals surface area contributed by atoms with Gasteiger partial charge in [-0.3, -0.25) is 19.5 Å². The Hall–Kier alpha value is -2.41. The van der Waals surface area contributed by atoms with Gasteiger partial charge in [-0.1, -0.05) is 30.3 Å². The Morgan fingerprint density at radius 1 is 1.26 bits per heavy atom. The molecule has 2 heterocycles. The fraction of sp³-hybridized carbons (Fsp3) is 0.438. The molecule has 2 amide bonds. The second-order valence-corrected chi connectivity index (χ2v) is 5.60. The average molecular weight is 317 g/mol. The summed E-state index contributed by atoms with van der Waals surface area (Å²) in [5.41, 5.74) is 1.03. The predicted octanol–water partition coefficient (Wildman–Crippen LogP) is -0.820. The van der Waals surface area contributed by atoms with Gasteiger partial charge < -0.3 is 10.1 Å². The van der Waals surface area contributed by atoms with Crippen LogP contribution in [0.15, 0.2) is 30.3 Å². The van der Waals surface area contributed by atoms with E-state index in [4.69, 9.17) is 4.74 Å². The van der Waals surface area contributed by atoms with E-state index in [1.165, 1.54) is 0 Å². The molecule has 0 aliphatic carbocycles. The number of carbonyl (C=O) groups is 2. The summed E-state index contributed by atoms with van der Waals surface area (Å²) in [6, 6.07) is 9.14. The van der Waals surface area contributed by atoms with Crippen LogP contribution in [-0.4, -0.2) is 54.7 Å². The molecule has 1 unspecified atom stereocenters. The maximum atomic E-state index is 12.3. The molecule has 1 atom stereocenters. The van der Waals surface area contributed by atoms with Crippen molar-refractivity contribution in [2.45, 2.75) is 19.0 Å². The van der Waals surface area contributed by atoms with Gasteiger partial charge in [-0.2, -0.15) is 0 Å². The van der Waals surface area contributed by atoms with E-state index in [1.54, 1.807) is 0 Å². The fourth-order valence-corrected chi connectivity index (χ4v) is 2.64. The van der Waals surface area contributed by atoms with Crippen LogP contribution >= 0.6 is 0 Å². The van der Waals surface area contributed by atoms with Crippen molar-refractivity contribution in [1.29, 1.82) is 0 Å². The highest BCUT2D eigenvalue weighted by atomic mass is 16.5. The van der Waals surface area contributed by atoms with Crippen molar-refractivity contribution < 1.29 is 18.9 Å². The molecule has 1 aromatic carbocycles. The lowest BCUT2D eigenvalue weighted by molar-refractivity contribution is -0.552. The van der Waals surface area contributed by atoms with Crippen molar-refractivity contribution in [2.24, 2.45) is 0 Å². The normalized spacial score (nSPS) is 21.4. The zero-order chi connectivity index (χ0) is 16.1. The lowest BCUT2D eigenvalue weighted by atomic mass is 10.1. The van der Waals surface area contributed by atoms with Gasteiger partial charge in [0.05, 0.1) is 32.7 Å². The van der Waals surface area contributed by atoms with Crippen LogP contribution in [0.3, 0.4) is 0 Å². The highest BCUT2D eigenvalue weighted by Crippen LogP contribution is 2.02. The van der Waals surface area contributed by atoms with Crippen LogP contribution < -0.4 is 16.0 Å². The van der Waals surface area contributed by atoms with Crippen LogP contribution in [0.2, 0.25) is 0 Å². The number of ether oxygens (including phenoxy) is 1. The largest absolute Gasteiger partial charge is 0.375 e. The predicted molar refractivity (Wildman–Crippen MR) is 83.8 cm³/mol. The molecule has 3 N–H and O–H groups in total. The minimum atomic E-state index is -0.551. The third-order valence-corrected chi connectivity index (χ3v) is 3.91. The summed E-state index contributed by atoms with van der Waals surface area (Å²) in [7, 11) is 0. The average Bonchev–Trinajstić information content (AvgIpc) is 2.61. The van der Waals surface area contributed by atoms with Gasteiger partial charge in [0.1, 0.15) is 0 Å². The first-order valence-electron chi connectivity index (χ1n) is 7.80. The van der Waals surface area contributed by atoms with Gasteiger partial charge in [0.25, 0.3) is 11.8 Å². The number of benzene rings is 1. The molecule has 7 heteroatoms. The van der Waals surface area contributed by atoms with Crippen LogP contribution in [0.4, 0.5) is 0 Å². The molecule has 2 fully saturated rings. The highest BCUT2D eigenvalue weighted by molar-refractivity contribution is 6.02. The maximum Gasteiger partial charge on any atom is 0.353 e. The van der Waals surface area contributed by atoms with Gasteiger partial charge in [-0.05, 0) is 5.56 Å². The van der Waals surface area contributed by atoms with Crippen molar-refractivity contribution >= 4 is 17.8 Å². The number of hydrogen-bond acceptors (Lipinski definition) is 3. The highest BCUT2D eigenvalue weighted by Gasteiger charge is 2.35. The smallest absolute Gasteiger partial charge is 0.353 e. The van der Waals surface area contributed by atoms with E-state index >= 15 is 0 Å². The lowest BCUT2D eigenvalue weighted by Crippen LogP contribution is -2.61. The number of rotatable bonds is 3. The molecule has 7 nitrogen and oxygen atoms in total. The van der Waals surface area contributed by atoms with Gasteiger partial charge >= 0.3 is 5.96 Å². The third-order valence-electron chi connectivity index (χ3n) is 3.91. The third kappa shape index (κ3) is 4.07. The second kappa shape index (κ2) is 7.23. The first-order valence-corrected chi connectivity index (χ1v) is 7.80. The molecule has 2 aliphatic rings. The number of nitrogens with zero attached hydrogens (tertiary/aromatic N) is 1. The Kier molecular flexibility index (Phi) is 4.87. The minimum Gasteiger partial charge on any atom is -0.375 e. The number of hydrogen-bond donors (Lipinski definition) is 3. The second-order valence-electron chi connectivity index (χ2n) is 5.60. The Balaban J connectivity index is 1.62. The zero-order valence-electron chi connectivity index (χ0n) is 12.9. The number of guanidine groups is 1. The molecule has 2 aliphatic heterocycles. The zero-order valence-corrected chi connectivity index (χ0v) is 12.9. The maximum absolute atomic E-state index is 12.3. The number of morpholine rings is 1. The Labute approximate surface area is 134 Å². The van der Waals surface area contributed by atoms with Crippen LogP contribution in [0.1, 0.15) is 12.0 Å². The van der Waals surface area contributed by atoms with E-state index in [0.29, 0.717) is 38.8 Å². The summed E-state index contributed by atoms with van der Waals surface area (Å²) >= 11 is 0. The van der Waals surface area contributed by atoms with Crippen LogP contribution in [0, 0.1) is 0 Å². The molecule has 0 aromatic heterocycles. The molecule has 23 heavy (non-hydrogen) atoms. The molecule has 3 rings (SSSR count). The topological polar surface area (TPSA) is 82.5 Å². The van der Waals surface area contributed by atoms with E-state index in [-0.39, 0.29) is 18.2 Å². The number of nitrogens with one attached hydrogen (secondary N) is 3. The minimum absolute atomic E-state index is 0.133. The number of carbonyl (C=O) groups excluding carboxylic acids is 2. The summed E-state index contributed by atoms with van der Waals surface area (Å²) in [5, 5.41) is 8.81. The van der Waals surface area contributed by atoms with Crippen LogP contribution in [0.5, 0.6) is 0 Å². The van der Waals surface area contributed by atoms with Gasteiger partial charge in [-0.15, -0.1) is 0 Å². The molecule has 122 valence electrons. The molecular formula is C16H21N4O3+. The number of amides is 2. The summed E-state index contributed by atoms with van der Waals surface area (Å²) in [6.07, 6.45) is 0.133. The van der Waals surface area contributed by atoms with Crippen molar-refractivity contribution in [2.75, 3.05) is 26.3 Å². The standard InChI is InChI=1S/C16H20N4O3/c21-14-10-13(15(22)17-11-12-4-2-1-3-5-12)18-16(19-14)20-6-8-23-9-7-20/h1-5,13H,6-11H2,(H2,17,18,19,21,22)/p+1. The van der Waals surface area contributed by atoms with Crippen molar-refractivity contribution in [3.8, 4) is 0 Å². The van der Waals surface area contributed by atoms with E-state index in [9.17, 15) is 9.59 Å². The van der Waals surface area contributed by atoms with Crippen molar-refractivity contribution in [3.63, 3.8) is 0 Å².